The summed E-state index contributed by atoms with van der Waals surface area (Å²) >= 11 is 0. The van der Waals surface area contributed by atoms with Gasteiger partial charge in [-0.3, -0.25) is 4.68 Å². The van der Waals surface area contributed by atoms with Crippen molar-refractivity contribution in [1.82, 2.24) is 14.9 Å². The second-order valence-electron chi connectivity index (χ2n) is 3.96. The van der Waals surface area contributed by atoms with Crippen molar-refractivity contribution in [3.63, 3.8) is 0 Å². The molecule has 0 bridgehead atoms. The molecule has 2 aromatic rings. The summed E-state index contributed by atoms with van der Waals surface area (Å²) in [6, 6.07) is 1.93. The van der Waals surface area contributed by atoms with Gasteiger partial charge in [-0.1, -0.05) is 5.16 Å². The smallest absolute Gasteiger partial charge is 0.358 e. The summed E-state index contributed by atoms with van der Waals surface area (Å²) in [6.45, 7) is 5.86. The lowest BCUT2D eigenvalue weighted by Crippen LogP contribution is -2.09. The minimum Gasteiger partial charge on any atom is -0.476 e. The predicted molar refractivity (Wildman–Crippen MR) is 59.0 cm³/mol. The van der Waals surface area contributed by atoms with Gasteiger partial charge >= 0.3 is 5.97 Å². The Morgan fingerprint density at radius 2 is 2.18 bits per heavy atom. The van der Waals surface area contributed by atoms with Gasteiger partial charge in [0.05, 0.1) is 17.8 Å². The van der Waals surface area contributed by atoms with Crippen LogP contribution in [0.5, 0.6) is 0 Å². The quantitative estimate of drug-likeness (QED) is 0.872. The Morgan fingerprint density at radius 3 is 2.71 bits per heavy atom. The predicted octanol–water partition coefficient (Wildman–Crippen LogP) is 1.54. The van der Waals surface area contributed by atoms with Crippen molar-refractivity contribution < 1.29 is 14.4 Å². The zero-order chi connectivity index (χ0) is 12.6. The molecule has 6 heteroatoms. The molecular weight excluding hydrogens is 222 g/mol. The first-order valence-electron chi connectivity index (χ1n) is 5.18. The van der Waals surface area contributed by atoms with Crippen LogP contribution in [-0.2, 0) is 6.54 Å². The fraction of sp³-hybridized carbons (Fsp3) is 0.364. The average molecular weight is 235 g/mol. The molecular formula is C11H13N3O3. The van der Waals surface area contributed by atoms with E-state index in [4.69, 9.17) is 9.63 Å². The van der Waals surface area contributed by atoms with Gasteiger partial charge in [-0.05, 0) is 26.8 Å². The summed E-state index contributed by atoms with van der Waals surface area (Å²) in [7, 11) is 0. The molecule has 90 valence electrons. The maximum atomic E-state index is 11.0. The molecule has 0 spiro atoms. The van der Waals surface area contributed by atoms with Crippen LogP contribution in [0.3, 0.4) is 0 Å². The Kier molecular flexibility index (Phi) is 2.71. The first kappa shape index (κ1) is 11.4. The van der Waals surface area contributed by atoms with E-state index >= 15 is 0 Å². The fourth-order valence-corrected chi connectivity index (χ4v) is 1.73. The molecule has 2 aromatic heterocycles. The van der Waals surface area contributed by atoms with Gasteiger partial charge in [0.25, 0.3) is 0 Å². The lowest BCUT2D eigenvalue weighted by molar-refractivity contribution is 0.0684. The highest BCUT2D eigenvalue weighted by Crippen LogP contribution is 2.16. The average Bonchev–Trinajstić information content (AvgIpc) is 2.73. The highest BCUT2D eigenvalue weighted by Gasteiger charge is 2.19. The van der Waals surface area contributed by atoms with Crippen LogP contribution in [-0.4, -0.2) is 26.0 Å². The third-order valence-corrected chi connectivity index (χ3v) is 2.60. The summed E-state index contributed by atoms with van der Waals surface area (Å²) in [5, 5.41) is 16.8. The van der Waals surface area contributed by atoms with Crippen molar-refractivity contribution in [3.8, 4) is 0 Å². The summed E-state index contributed by atoms with van der Waals surface area (Å²) < 4.78 is 6.64. The van der Waals surface area contributed by atoms with Crippen molar-refractivity contribution in [3.05, 3.63) is 34.5 Å². The highest BCUT2D eigenvalue weighted by molar-refractivity contribution is 5.87. The van der Waals surface area contributed by atoms with Crippen LogP contribution < -0.4 is 0 Å². The van der Waals surface area contributed by atoms with Gasteiger partial charge in [0.15, 0.2) is 5.69 Å². The maximum Gasteiger partial charge on any atom is 0.358 e. The van der Waals surface area contributed by atoms with Crippen molar-refractivity contribution >= 4 is 5.97 Å². The van der Waals surface area contributed by atoms with Gasteiger partial charge in [0.2, 0.25) is 0 Å². The van der Waals surface area contributed by atoms with Crippen molar-refractivity contribution in [1.29, 1.82) is 0 Å². The number of hydrogen-bond donors (Lipinski definition) is 1. The molecule has 0 radical (unpaired) electrons. The number of carboxylic acids is 1. The molecule has 0 amide bonds. The second kappa shape index (κ2) is 4.04. The molecule has 1 N–H and O–H groups in total. The molecule has 0 aliphatic rings. The van der Waals surface area contributed by atoms with Crippen LogP contribution in [0.2, 0.25) is 0 Å². The van der Waals surface area contributed by atoms with E-state index in [2.05, 4.69) is 10.3 Å². The normalized spacial score (nSPS) is 10.8. The van der Waals surface area contributed by atoms with E-state index in [-0.39, 0.29) is 5.69 Å². The summed E-state index contributed by atoms with van der Waals surface area (Å²) in [4.78, 5) is 11.0. The standard InChI is InChI=1S/C11H13N3O3/c1-6-4-7(2)14(12-6)5-9-8(3)17-13-10(9)11(15)16/h4H,5H2,1-3H3,(H,15,16). The molecule has 0 saturated heterocycles. The number of aromatic carboxylic acids is 1. The number of hydrogen-bond acceptors (Lipinski definition) is 4. The van der Waals surface area contributed by atoms with E-state index < -0.39 is 5.97 Å². The SMILES string of the molecule is Cc1cc(C)n(Cc2c(C(=O)O)noc2C)n1. The lowest BCUT2D eigenvalue weighted by Gasteiger charge is -2.03. The summed E-state index contributed by atoms with van der Waals surface area (Å²) in [5.41, 5.74) is 2.38. The third-order valence-electron chi connectivity index (χ3n) is 2.60. The van der Waals surface area contributed by atoms with Crippen LogP contribution in [0, 0.1) is 20.8 Å². The molecule has 0 saturated carbocycles. The van der Waals surface area contributed by atoms with Crippen molar-refractivity contribution in [2.24, 2.45) is 0 Å². The molecule has 0 unspecified atom stereocenters. The fourth-order valence-electron chi connectivity index (χ4n) is 1.73. The van der Waals surface area contributed by atoms with E-state index in [1.807, 2.05) is 19.9 Å². The summed E-state index contributed by atoms with van der Waals surface area (Å²) in [6.07, 6.45) is 0. The Morgan fingerprint density at radius 1 is 1.47 bits per heavy atom. The third kappa shape index (κ3) is 2.06. The number of carbonyl (C=O) groups is 1. The lowest BCUT2D eigenvalue weighted by atomic mass is 10.2. The van der Waals surface area contributed by atoms with Crippen molar-refractivity contribution in [2.75, 3.05) is 0 Å². The molecule has 0 atom stereocenters. The van der Waals surface area contributed by atoms with Crippen LogP contribution in [0.25, 0.3) is 0 Å². The Hall–Kier alpha value is -2.11. The zero-order valence-corrected chi connectivity index (χ0v) is 9.89. The molecule has 6 nitrogen and oxygen atoms in total. The molecule has 17 heavy (non-hydrogen) atoms. The Bertz CT molecular complexity index is 569. The van der Waals surface area contributed by atoms with Gasteiger partial charge < -0.3 is 9.63 Å². The minimum absolute atomic E-state index is 0.0462. The second-order valence-corrected chi connectivity index (χ2v) is 3.96. The number of aryl methyl sites for hydroxylation is 3. The Labute approximate surface area is 97.8 Å². The first-order valence-corrected chi connectivity index (χ1v) is 5.18. The highest BCUT2D eigenvalue weighted by atomic mass is 16.5. The van der Waals surface area contributed by atoms with Gasteiger partial charge in [0.1, 0.15) is 5.76 Å². The largest absolute Gasteiger partial charge is 0.476 e. The topological polar surface area (TPSA) is 81.2 Å². The number of aromatic nitrogens is 3. The van der Waals surface area contributed by atoms with E-state index in [1.165, 1.54) is 0 Å². The first-order chi connectivity index (χ1) is 7.99. The molecule has 0 aromatic carbocycles. The van der Waals surface area contributed by atoms with Crippen LogP contribution in [0.15, 0.2) is 10.6 Å². The van der Waals surface area contributed by atoms with Gasteiger partial charge in [0, 0.05) is 5.69 Å². The monoisotopic (exact) mass is 235 g/mol. The zero-order valence-electron chi connectivity index (χ0n) is 9.89. The molecule has 2 rings (SSSR count). The van der Waals surface area contributed by atoms with E-state index in [9.17, 15) is 4.79 Å². The van der Waals surface area contributed by atoms with E-state index in [0.29, 0.717) is 17.9 Å². The van der Waals surface area contributed by atoms with Crippen molar-refractivity contribution in [2.45, 2.75) is 27.3 Å². The van der Waals surface area contributed by atoms with E-state index in [1.54, 1.807) is 11.6 Å². The number of carboxylic acid groups (broad SMARTS) is 1. The van der Waals surface area contributed by atoms with Gasteiger partial charge in [-0.2, -0.15) is 5.10 Å². The minimum atomic E-state index is -1.08. The van der Waals surface area contributed by atoms with Crippen LogP contribution >= 0.6 is 0 Å². The molecule has 0 aliphatic carbocycles. The van der Waals surface area contributed by atoms with Crippen LogP contribution in [0.4, 0.5) is 0 Å². The Balaban J connectivity index is 2.39. The van der Waals surface area contributed by atoms with Crippen LogP contribution in [0.1, 0.15) is 33.2 Å². The van der Waals surface area contributed by atoms with Gasteiger partial charge in [-0.25, -0.2) is 4.79 Å². The molecule has 0 aliphatic heterocycles. The van der Waals surface area contributed by atoms with E-state index in [0.717, 1.165) is 11.4 Å². The maximum absolute atomic E-state index is 11.0. The molecule has 2 heterocycles. The number of rotatable bonds is 3. The molecule has 0 fully saturated rings. The van der Waals surface area contributed by atoms with Gasteiger partial charge in [-0.15, -0.1) is 0 Å². The summed E-state index contributed by atoms with van der Waals surface area (Å²) in [5.74, 6) is -0.576. The number of nitrogens with zero attached hydrogens (tertiary/aromatic N) is 3.